The standard InChI is InChI=1S/C19H17ClN2O3S2/c1-13(18(23)21-16-9-7-15(20)8-10-16)27(24,25)12-17-11-26-19(22-17)14-5-3-2-4-6-14/h2-11,13H,12H2,1H3,(H,21,23). The molecule has 0 aliphatic carbocycles. The van der Waals surface area contributed by atoms with Gasteiger partial charge in [-0.2, -0.15) is 0 Å². The minimum atomic E-state index is -3.70. The third kappa shape index (κ3) is 4.94. The van der Waals surface area contributed by atoms with Crippen molar-refractivity contribution in [2.24, 2.45) is 0 Å². The molecule has 8 heteroatoms. The third-order valence-electron chi connectivity index (χ3n) is 3.94. The van der Waals surface area contributed by atoms with E-state index < -0.39 is 21.0 Å². The molecule has 1 amide bonds. The summed E-state index contributed by atoms with van der Waals surface area (Å²) in [7, 11) is -3.70. The summed E-state index contributed by atoms with van der Waals surface area (Å²) in [6.45, 7) is 1.38. The fraction of sp³-hybridized carbons (Fsp3) is 0.158. The number of halogens is 1. The number of sulfone groups is 1. The molecule has 5 nitrogen and oxygen atoms in total. The lowest BCUT2D eigenvalue weighted by Crippen LogP contribution is -2.33. The predicted molar refractivity (Wildman–Crippen MR) is 110 cm³/mol. The number of benzene rings is 2. The zero-order chi connectivity index (χ0) is 19.4. The molecule has 3 rings (SSSR count). The summed E-state index contributed by atoms with van der Waals surface area (Å²) >= 11 is 7.18. The van der Waals surface area contributed by atoms with Gasteiger partial charge in [0.2, 0.25) is 5.91 Å². The SMILES string of the molecule is CC(C(=O)Nc1ccc(Cl)cc1)S(=O)(=O)Cc1csc(-c2ccccc2)n1. The van der Waals surface area contributed by atoms with Gasteiger partial charge in [-0.25, -0.2) is 13.4 Å². The highest BCUT2D eigenvalue weighted by molar-refractivity contribution is 7.92. The highest BCUT2D eigenvalue weighted by atomic mass is 35.5. The Balaban J connectivity index is 1.69. The van der Waals surface area contributed by atoms with Crippen molar-refractivity contribution in [2.45, 2.75) is 17.9 Å². The van der Waals surface area contributed by atoms with Gasteiger partial charge in [-0.15, -0.1) is 11.3 Å². The van der Waals surface area contributed by atoms with Crippen LogP contribution < -0.4 is 5.32 Å². The number of thiazole rings is 1. The van der Waals surface area contributed by atoms with Crippen LogP contribution in [0.1, 0.15) is 12.6 Å². The molecule has 1 heterocycles. The van der Waals surface area contributed by atoms with Crippen LogP contribution in [0.25, 0.3) is 10.6 Å². The highest BCUT2D eigenvalue weighted by Crippen LogP contribution is 2.25. The summed E-state index contributed by atoms with van der Waals surface area (Å²) in [4.78, 5) is 16.7. The Hall–Kier alpha value is -2.22. The molecule has 0 aliphatic rings. The number of rotatable bonds is 6. The number of carbonyl (C=O) groups is 1. The molecule has 3 aromatic rings. The van der Waals surface area contributed by atoms with E-state index in [0.717, 1.165) is 10.6 Å². The Morgan fingerprint density at radius 1 is 1.15 bits per heavy atom. The molecule has 1 N–H and O–H groups in total. The Labute approximate surface area is 167 Å². The van der Waals surface area contributed by atoms with Gasteiger partial charge in [-0.05, 0) is 31.2 Å². The van der Waals surface area contributed by atoms with Crippen LogP contribution in [-0.4, -0.2) is 24.6 Å². The first-order valence-corrected chi connectivity index (χ1v) is 11.1. The fourth-order valence-corrected chi connectivity index (χ4v) is 4.61. The molecule has 1 unspecified atom stereocenters. The number of hydrogen-bond donors (Lipinski definition) is 1. The Morgan fingerprint density at radius 2 is 1.81 bits per heavy atom. The molecule has 140 valence electrons. The maximum atomic E-state index is 12.6. The van der Waals surface area contributed by atoms with E-state index in [4.69, 9.17) is 11.6 Å². The molecule has 1 aromatic heterocycles. The first-order chi connectivity index (χ1) is 12.8. The molecule has 0 fully saturated rings. The molecule has 0 saturated heterocycles. The van der Waals surface area contributed by atoms with E-state index in [-0.39, 0.29) is 5.75 Å². The van der Waals surface area contributed by atoms with Crippen molar-refractivity contribution >= 4 is 44.4 Å². The summed E-state index contributed by atoms with van der Waals surface area (Å²) in [5.74, 6) is -0.873. The second kappa shape index (κ2) is 8.21. The van der Waals surface area contributed by atoms with Crippen molar-refractivity contribution < 1.29 is 13.2 Å². The summed E-state index contributed by atoms with van der Waals surface area (Å²) in [6, 6.07) is 16.0. The molecular formula is C19H17ClN2O3S2. The summed E-state index contributed by atoms with van der Waals surface area (Å²) in [6.07, 6.45) is 0. The van der Waals surface area contributed by atoms with Gasteiger partial charge in [0.25, 0.3) is 0 Å². The maximum absolute atomic E-state index is 12.6. The second-order valence-corrected chi connectivity index (χ2v) is 9.57. The van der Waals surface area contributed by atoms with E-state index in [1.54, 1.807) is 29.6 Å². The first kappa shape index (κ1) is 19.5. The third-order valence-corrected chi connectivity index (χ3v) is 7.12. The van der Waals surface area contributed by atoms with Crippen molar-refractivity contribution in [3.05, 3.63) is 70.7 Å². The molecule has 2 aromatic carbocycles. The van der Waals surface area contributed by atoms with Crippen LogP contribution in [0.2, 0.25) is 5.02 Å². The van der Waals surface area contributed by atoms with E-state index >= 15 is 0 Å². The second-order valence-electron chi connectivity index (χ2n) is 5.96. The van der Waals surface area contributed by atoms with Crippen molar-refractivity contribution in [2.75, 3.05) is 5.32 Å². The fourth-order valence-electron chi connectivity index (χ4n) is 2.36. The van der Waals surface area contributed by atoms with Crippen molar-refractivity contribution in [3.63, 3.8) is 0 Å². The van der Waals surface area contributed by atoms with Gasteiger partial charge in [0.15, 0.2) is 9.84 Å². The van der Waals surface area contributed by atoms with Crippen molar-refractivity contribution in [1.29, 1.82) is 0 Å². The van der Waals surface area contributed by atoms with Gasteiger partial charge < -0.3 is 5.32 Å². The quantitative estimate of drug-likeness (QED) is 0.641. The number of nitrogens with zero attached hydrogens (tertiary/aromatic N) is 1. The maximum Gasteiger partial charge on any atom is 0.242 e. The first-order valence-electron chi connectivity index (χ1n) is 8.13. The highest BCUT2D eigenvalue weighted by Gasteiger charge is 2.29. The lowest BCUT2D eigenvalue weighted by molar-refractivity contribution is -0.115. The summed E-state index contributed by atoms with van der Waals surface area (Å²) in [5, 5.41) is 4.39. The van der Waals surface area contributed by atoms with E-state index in [0.29, 0.717) is 16.4 Å². The van der Waals surface area contributed by atoms with Gasteiger partial charge in [0, 0.05) is 21.7 Å². The van der Waals surface area contributed by atoms with Crippen molar-refractivity contribution in [1.82, 2.24) is 4.98 Å². The number of amides is 1. The monoisotopic (exact) mass is 420 g/mol. The Kier molecular flexibility index (Phi) is 5.94. The van der Waals surface area contributed by atoms with Crippen LogP contribution in [-0.2, 0) is 20.4 Å². The van der Waals surface area contributed by atoms with Gasteiger partial charge >= 0.3 is 0 Å². The van der Waals surface area contributed by atoms with Gasteiger partial charge in [0.05, 0.1) is 11.4 Å². The number of nitrogens with one attached hydrogen (secondary N) is 1. The number of hydrogen-bond acceptors (Lipinski definition) is 5. The van der Waals surface area contributed by atoms with Crippen LogP contribution in [0.5, 0.6) is 0 Å². The van der Waals surface area contributed by atoms with Crippen LogP contribution in [0, 0.1) is 0 Å². The van der Waals surface area contributed by atoms with Crippen LogP contribution in [0.4, 0.5) is 5.69 Å². The van der Waals surface area contributed by atoms with E-state index in [1.165, 1.54) is 18.3 Å². The minimum absolute atomic E-state index is 0.286. The normalized spacial score (nSPS) is 12.5. The predicted octanol–water partition coefficient (Wildman–Crippen LogP) is 4.41. The van der Waals surface area contributed by atoms with Gasteiger partial charge in [-0.1, -0.05) is 41.9 Å². The molecular weight excluding hydrogens is 404 g/mol. The summed E-state index contributed by atoms with van der Waals surface area (Å²) < 4.78 is 25.2. The average Bonchev–Trinajstić information content (AvgIpc) is 3.11. The zero-order valence-electron chi connectivity index (χ0n) is 14.4. The largest absolute Gasteiger partial charge is 0.325 e. The van der Waals surface area contributed by atoms with Crippen LogP contribution >= 0.6 is 22.9 Å². The van der Waals surface area contributed by atoms with E-state index in [9.17, 15) is 13.2 Å². The zero-order valence-corrected chi connectivity index (χ0v) is 16.8. The van der Waals surface area contributed by atoms with Gasteiger partial charge in [-0.3, -0.25) is 4.79 Å². The summed E-state index contributed by atoms with van der Waals surface area (Å²) in [5.41, 5.74) is 1.86. The molecule has 0 aliphatic heterocycles. The molecule has 1 atom stereocenters. The Bertz CT molecular complexity index is 1030. The lowest BCUT2D eigenvalue weighted by atomic mass is 10.2. The smallest absolute Gasteiger partial charge is 0.242 e. The number of carbonyl (C=O) groups excluding carboxylic acids is 1. The topological polar surface area (TPSA) is 76.1 Å². The lowest BCUT2D eigenvalue weighted by Gasteiger charge is -2.12. The molecule has 0 radical (unpaired) electrons. The molecule has 0 spiro atoms. The number of aromatic nitrogens is 1. The van der Waals surface area contributed by atoms with E-state index in [2.05, 4.69) is 10.3 Å². The van der Waals surface area contributed by atoms with E-state index in [1.807, 2.05) is 30.3 Å². The average molecular weight is 421 g/mol. The molecule has 27 heavy (non-hydrogen) atoms. The Morgan fingerprint density at radius 3 is 2.48 bits per heavy atom. The van der Waals surface area contributed by atoms with Crippen LogP contribution in [0.15, 0.2) is 60.0 Å². The van der Waals surface area contributed by atoms with Gasteiger partial charge in [0.1, 0.15) is 10.3 Å². The molecule has 0 bridgehead atoms. The number of anilines is 1. The van der Waals surface area contributed by atoms with Crippen LogP contribution in [0.3, 0.4) is 0 Å². The molecule has 0 saturated carbocycles. The minimum Gasteiger partial charge on any atom is -0.325 e. The van der Waals surface area contributed by atoms with Crippen molar-refractivity contribution in [3.8, 4) is 10.6 Å².